The van der Waals surface area contributed by atoms with E-state index in [9.17, 15) is 13.2 Å². The van der Waals surface area contributed by atoms with Crippen LogP contribution in [-0.4, -0.2) is 32.2 Å². The van der Waals surface area contributed by atoms with E-state index in [-0.39, 0.29) is 11.4 Å². The van der Waals surface area contributed by atoms with Crippen LogP contribution in [0, 0.1) is 11.3 Å². The number of nitrogens with one attached hydrogen (secondary N) is 1. The molecule has 1 N–H and O–H groups in total. The van der Waals surface area contributed by atoms with E-state index < -0.39 is 15.9 Å². The zero-order chi connectivity index (χ0) is 17.7. The molecule has 0 fully saturated rings. The molecule has 0 bridgehead atoms. The third-order valence-corrected chi connectivity index (χ3v) is 5.22. The van der Waals surface area contributed by atoms with E-state index in [1.807, 2.05) is 6.07 Å². The average molecular weight is 364 g/mol. The van der Waals surface area contributed by atoms with Gasteiger partial charge in [-0.3, -0.25) is 4.79 Å². The largest absolute Gasteiger partial charge is 0.325 e. The van der Waals surface area contributed by atoms with E-state index >= 15 is 0 Å². The number of hydrogen-bond acceptors (Lipinski definition) is 4. The predicted molar refractivity (Wildman–Crippen MR) is 91.1 cm³/mol. The molecule has 1 amide bonds. The fraction of sp³-hybridized carbons (Fsp3) is 0.125. The fourth-order valence-corrected chi connectivity index (χ4v) is 3.25. The Morgan fingerprint density at radius 3 is 2.50 bits per heavy atom. The molecule has 6 nitrogen and oxygen atoms in total. The summed E-state index contributed by atoms with van der Waals surface area (Å²) in [5.41, 5.74) is 0.840. The van der Waals surface area contributed by atoms with E-state index in [0.29, 0.717) is 16.3 Å². The number of nitriles is 1. The topological polar surface area (TPSA) is 90.3 Å². The second-order valence-corrected chi connectivity index (χ2v) is 7.44. The van der Waals surface area contributed by atoms with Gasteiger partial charge in [0.15, 0.2) is 0 Å². The monoisotopic (exact) mass is 363 g/mol. The number of likely N-dealkylation sites (N-methyl/N-ethyl adjacent to an activating group) is 1. The number of rotatable bonds is 5. The van der Waals surface area contributed by atoms with Crippen molar-refractivity contribution in [1.82, 2.24) is 4.31 Å². The Balaban J connectivity index is 2.08. The number of hydrogen-bond donors (Lipinski definition) is 1. The van der Waals surface area contributed by atoms with Crippen LogP contribution >= 0.6 is 11.6 Å². The van der Waals surface area contributed by atoms with Gasteiger partial charge in [-0.15, -0.1) is 0 Å². The van der Waals surface area contributed by atoms with Gasteiger partial charge in [-0.05, 0) is 42.5 Å². The third-order valence-electron chi connectivity index (χ3n) is 3.17. The Labute approximate surface area is 145 Å². The highest BCUT2D eigenvalue weighted by molar-refractivity contribution is 7.89. The van der Waals surface area contributed by atoms with E-state index in [1.54, 1.807) is 24.3 Å². The minimum absolute atomic E-state index is 0.0135. The maximum absolute atomic E-state index is 12.4. The first-order chi connectivity index (χ1) is 11.3. The van der Waals surface area contributed by atoms with Crippen LogP contribution in [0.2, 0.25) is 5.02 Å². The van der Waals surface area contributed by atoms with Gasteiger partial charge in [0.05, 0.1) is 23.1 Å². The molecule has 2 aromatic rings. The van der Waals surface area contributed by atoms with Gasteiger partial charge in [-0.1, -0.05) is 17.7 Å². The van der Waals surface area contributed by atoms with Crippen molar-refractivity contribution in [2.24, 2.45) is 0 Å². The smallest absolute Gasteiger partial charge is 0.243 e. The van der Waals surface area contributed by atoms with E-state index in [0.717, 1.165) is 4.31 Å². The second kappa shape index (κ2) is 7.45. The molecule has 0 aliphatic heterocycles. The molecule has 8 heteroatoms. The van der Waals surface area contributed by atoms with Crippen molar-refractivity contribution in [3.8, 4) is 6.07 Å². The van der Waals surface area contributed by atoms with Crippen molar-refractivity contribution >= 4 is 33.2 Å². The molecular formula is C16H14ClN3O3S. The summed E-state index contributed by atoms with van der Waals surface area (Å²) in [6.07, 6.45) is 0. The molecule has 0 unspecified atom stereocenters. The third kappa shape index (κ3) is 4.32. The number of carbonyl (C=O) groups excluding carboxylic acids is 1. The first-order valence-corrected chi connectivity index (χ1v) is 8.66. The van der Waals surface area contributed by atoms with Gasteiger partial charge in [-0.25, -0.2) is 8.42 Å². The highest BCUT2D eigenvalue weighted by Gasteiger charge is 2.23. The number of amides is 1. The molecule has 0 aliphatic carbocycles. The molecule has 24 heavy (non-hydrogen) atoms. The van der Waals surface area contributed by atoms with Gasteiger partial charge in [0.25, 0.3) is 0 Å². The van der Waals surface area contributed by atoms with Gasteiger partial charge in [0.1, 0.15) is 0 Å². The minimum atomic E-state index is -3.82. The van der Waals surface area contributed by atoms with Crippen LogP contribution in [0.3, 0.4) is 0 Å². The van der Waals surface area contributed by atoms with E-state index in [4.69, 9.17) is 16.9 Å². The molecule has 2 aromatic carbocycles. The highest BCUT2D eigenvalue weighted by Crippen LogP contribution is 2.17. The Kier molecular flexibility index (Phi) is 5.57. The number of halogens is 1. The Bertz CT molecular complexity index is 890. The van der Waals surface area contributed by atoms with Crippen LogP contribution in [0.1, 0.15) is 5.56 Å². The molecular weight excluding hydrogens is 350 g/mol. The second-order valence-electron chi connectivity index (χ2n) is 4.96. The Morgan fingerprint density at radius 1 is 1.25 bits per heavy atom. The van der Waals surface area contributed by atoms with Gasteiger partial charge < -0.3 is 5.32 Å². The minimum Gasteiger partial charge on any atom is -0.325 e. The number of carbonyl (C=O) groups is 1. The summed E-state index contributed by atoms with van der Waals surface area (Å²) < 4.78 is 25.8. The van der Waals surface area contributed by atoms with Crippen LogP contribution in [0.4, 0.5) is 5.69 Å². The average Bonchev–Trinajstić information content (AvgIpc) is 2.54. The molecule has 0 saturated heterocycles. The summed E-state index contributed by atoms with van der Waals surface area (Å²) in [5, 5.41) is 11.8. The zero-order valence-electron chi connectivity index (χ0n) is 12.7. The van der Waals surface area contributed by atoms with Gasteiger partial charge in [-0.2, -0.15) is 9.57 Å². The fourth-order valence-electron chi connectivity index (χ4n) is 1.94. The summed E-state index contributed by atoms with van der Waals surface area (Å²) in [5.74, 6) is -0.489. The number of nitrogens with zero attached hydrogens (tertiary/aromatic N) is 2. The number of sulfonamides is 1. The van der Waals surface area contributed by atoms with Crippen LogP contribution in [-0.2, 0) is 14.8 Å². The lowest BCUT2D eigenvalue weighted by molar-refractivity contribution is -0.116. The highest BCUT2D eigenvalue weighted by atomic mass is 35.5. The van der Waals surface area contributed by atoms with Gasteiger partial charge in [0, 0.05) is 17.8 Å². The molecule has 0 heterocycles. The standard InChI is InChI=1S/C16H14ClN3O3S/c1-20(11-16(21)19-14-4-2-3-13(17)9-14)24(22,23)15-7-5-12(10-18)6-8-15/h2-9H,11H2,1H3,(H,19,21). The van der Waals surface area contributed by atoms with Crippen molar-refractivity contribution in [3.05, 3.63) is 59.1 Å². The van der Waals surface area contributed by atoms with Crippen molar-refractivity contribution in [1.29, 1.82) is 5.26 Å². The van der Waals surface area contributed by atoms with Crippen molar-refractivity contribution in [3.63, 3.8) is 0 Å². The summed E-state index contributed by atoms with van der Waals surface area (Å²) in [6.45, 7) is -0.352. The van der Waals surface area contributed by atoms with Crippen LogP contribution < -0.4 is 5.32 Å². The van der Waals surface area contributed by atoms with Gasteiger partial charge in [0.2, 0.25) is 15.9 Å². The van der Waals surface area contributed by atoms with E-state index in [2.05, 4.69) is 5.32 Å². The predicted octanol–water partition coefficient (Wildman–Crippen LogP) is 2.47. The molecule has 0 aromatic heterocycles. The van der Waals surface area contributed by atoms with Crippen LogP contribution in [0.15, 0.2) is 53.4 Å². The van der Waals surface area contributed by atoms with Crippen LogP contribution in [0.25, 0.3) is 0 Å². The maximum Gasteiger partial charge on any atom is 0.243 e. The van der Waals surface area contributed by atoms with Crippen LogP contribution in [0.5, 0.6) is 0 Å². The summed E-state index contributed by atoms with van der Waals surface area (Å²) in [6, 6.07) is 14.0. The first-order valence-electron chi connectivity index (χ1n) is 6.85. The molecule has 124 valence electrons. The zero-order valence-corrected chi connectivity index (χ0v) is 14.3. The lowest BCUT2D eigenvalue weighted by Gasteiger charge is -2.17. The molecule has 0 saturated carbocycles. The van der Waals surface area contributed by atoms with Crippen molar-refractivity contribution in [2.45, 2.75) is 4.90 Å². The molecule has 0 spiro atoms. The number of benzene rings is 2. The Hall–Kier alpha value is -2.40. The lowest BCUT2D eigenvalue weighted by Crippen LogP contribution is -2.34. The number of anilines is 1. The molecule has 0 aliphatic rings. The van der Waals surface area contributed by atoms with Crippen molar-refractivity contribution < 1.29 is 13.2 Å². The van der Waals surface area contributed by atoms with E-state index in [1.165, 1.54) is 31.3 Å². The lowest BCUT2D eigenvalue weighted by atomic mass is 10.2. The maximum atomic E-state index is 12.4. The summed E-state index contributed by atoms with van der Waals surface area (Å²) in [4.78, 5) is 12.0. The quantitative estimate of drug-likeness (QED) is 0.883. The molecule has 0 radical (unpaired) electrons. The summed E-state index contributed by atoms with van der Waals surface area (Å²) >= 11 is 5.83. The normalized spacial score (nSPS) is 11.1. The van der Waals surface area contributed by atoms with Crippen molar-refractivity contribution in [2.75, 3.05) is 18.9 Å². The van der Waals surface area contributed by atoms with Gasteiger partial charge >= 0.3 is 0 Å². The molecule has 2 rings (SSSR count). The summed E-state index contributed by atoms with van der Waals surface area (Å²) in [7, 11) is -2.51. The Morgan fingerprint density at radius 2 is 1.92 bits per heavy atom. The first kappa shape index (κ1) is 17.9. The molecule has 0 atom stereocenters. The SMILES string of the molecule is CN(CC(=O)Nc1cccc(Cl)c1)S(=O)(=O)c1ccc(C#N)cc1.